The van der Waals surface area contributed by atoms with Crippen molar-refractivity contribution in [2.45, 2.75) is 26.1 Å². The van der Waals surface area contributed by atoms with Crippen LogP contribution >= 0.6 is 23.2 Å². The number of likely N-dealkylation sites (N-methyl/N-ethyl adjacent to an activating group) is 1. The van der Waals surface area contributed by atoms with Crippen molar-refractivity contribution in [1.82, 2.24) is 20.0 Å². The number of halogens is 5. The second kappa shape index (κ2) is 13.2. The first-order valence-electron chi connectivity index (χ1n) is 13.3. The Morgan fingerprint density at radius 3 is 2.29 bits per heavy atom. The van der Waals surface area contributed by atoms with Gasteiger partial charge in [-0.25, -0.2) is 14.4 Å². The maximum absolute atomic E-state index is 13.3. The van der Waals surface area contributed by atoms with Gasteiger partial charge in [0.2, 0.25) is 0 Å². The van der Waals surface area contributed by atoms with Gasteiger partial charge in [0.1, 0.15) is 0 Å². The highest BCUT2D eigenvalue weighted by molar-refractivity contribution is 6.35. The minimum atomic E-state index is -4.46. The summed E-state index contributed by atoms with van der Waals surface area (Å²) in [5.74, 6) is -0.587. The highest BCUT2D eigenvalue weighted by Gasteiger charge is 2.39. The van der Waals surface area contributed by atoms with E-state index in [9.17, 15) is 27.6 Å². The second-order valence-electron chi connectivity index (χ2n) is 9.64. The Hall–Kier alpha value is -3.48. The summed E-state index contributed by atoms with van der Waals surface area (Å²) in [6.07, 6.45) is -4.46. The van der Waals surface area contributed by atoms with Gasteiger partial charge >= 0.3 is 24.2 Å². The van der Waals surface area contributed by atoms with Crippen LogP contribution in [0.15, 0.2) is 53.7 Å². The molecule has 42 heavy (non-hydrogen) atoms. The average molecular weight is 628 g/mol. The van der Waals surface area contributed by atoms with Gasteiger partial charge < -0.3 is 20.3 Å². The summed E-state index contributed by atoms with van der Waals surface area (Å²) in [4.78, 5) is 44.3. The predicted molar refractivity (Wildman–Crippen MR) is 152 cm³/mol. The molecule has 0 radical (unpaired) electrons. The van der Waals surface area contributed by atoms with Crippen LogP contribution in [0.3, 0.4) is 0 Å². The Morgan fingerprint density at radius 2 is 1.71 bits per heavy atom. The average Bonchev–Trinajstić information content (AvgIpc) is 2.93. The lowest BCUT2D eigenvalue weighted by Crippen LogP contribution is -2.54. The topological polar surface area (TPSA) is 94.2 Å². The fourth-order valence-corrected chi connectivity index (χ4v) is 5.41. The number of alkyl halides is 3. The van der Waals surface area contributed by atoms with E-state index in [2.05, 4.69) is 10.6 Å². The van der Waals surface area contributed by atoms with Crippen molar-refractivity contribution in [1.29, 1.82) is 0 Å². The van der Waals surface area contributed by atoms with Gasteiger partial charge in [0, 0.05) is 60.7 Å². The zero-order valence-electron chi connectivity index (χ0n) is 22.9. The summed E-state index contributed by atoms with van der Waals surface area (Å²) in [7, 11) is 0. The Kier molecular flexibility index (Phi) is 9.90. The summed E-state index contributed by atoms with van der Waals surface area (Å²) in [5.41, 5.74) is 0.668. The lowest BCUT2D eigenvalue weighted by molar-refractivity contribution is -0.139. The van der Waals surface area contributed by atoms with E-state index in [1.165, 1.54) is 23.1 Å². The number of piperazine rings is 1. The third-order valence-electron chi connectivity index (χ3n) is 7.02. The van der Waals surface area contributed by atoms with Crippen molar-refractivity contribution in [3.05, 3.63) is 74.9 Å². The lowest BCUT2D eigenvalue weighted by atomic mass is 9.94. The zero-order valence-corrected chi connectivity index (χ0v) is 24.4. The molecule has 226 valence electrons. The van der Waals surface area contributed by atoms with Crippen LogP contribution in [0.5, 0.6) is 0 Å². The smallest absolute Gasteiger partial charge is 0.416 e. The number of nitrogens with zero attached hydrogens (tertiary/aromatic N) is 3. The molecule has 2 aromatic carbocycles. The van der Waals surface area contributed by atoms with Crippen LogP contribution in [-0.4, -0.2) is 78.6 Å². The predicted octanol–water partition coefficient (Wildman–Crippen LogP) is 5.77. The molecule has 2 aliphatic heterocycles. The molecule has 2 aromatic rings. The van der Waals surface area contributed by atoms with Crippen LogP contribution in [-0.2, 0) is 15.7 Å². The minimum absolute atomic E-state index is 0.128. The number of ether oxygens (including phenoxy) is 1. The minimum Gasteiger partial charge on any atom is -0.463 e. The van der Waals surface area contributed by atoms with Gasteiger partial charge in [-0.2, -0.15) is 13.2 Å². The van der Waals surface area contributed by atoms with Gasteiger partial charge in [0.15, 0.2) is 0 Å². The van der Waals surface area contributed by atoms with Crippen molar-refractivity contribution in [2.24, 2.45) is 0 Å². The van der Waals surface area contributed by atoms with Crippen LogP contribution in [0.25, 0.3) is 0 Å². The number of nitrogens with one attached hydrogen (secondary N) is 2. The first-order chi connectivity index (χ1) is 19.9. The highest BCUT2D eigenvalue weighted by Crippen LogP contribution is 2.36. The second-order valence-corrected chi connectivity index (χ2v) is 10.5. The molecule has 14 heteroatoms. The number of anilines is 1. The number of esters is 1. The number of carbonyl (C=O) groups is 3. The number of hydrogen-bond acceptors (Lipinski definition) is 5. The van der Waals surface area contributed by atoms with Gasteiger partial charge in [0.05, 0.1) is 23.8 Å². The summed E-state index contributed by atoms with van der Waals surface area (Å²) in [6.45, 7) is 5.61. The molecule has 0 bridgehead atoms. The van der Waals surface area contributed by atoms with E-state index >= 15 is 0 Å². The monoisotopic (exact) mass is 627 g/mol. The molecule has 4 rings (SSSR count). The highest BCUT2D eigenvalue weighted by atomic mass is 35.5. The molecule has 2 heterocycles. The fraction of sp³-hybridized carbons (Fsp3) is 0.393. The molecular formula is C28H30Cl2F3N5O4. The van der Waals surface area contributed by atoms with Crippen molar-refractivity contribution >= 4 is 46.9 Å². The van der Waals surface area contributed by atoms with Crippen LogP contribution in [0.4, 0.5) is 28.4 Å². The molecule has 2 aliphatic rings. The third-order valence-corrected chi connectivity index (χ3v) is 7.58. The number of hydrogen-bond donors (Lipinski definition) is 2. The maximum atomic E-state index is 13.3. The SMILES string of the molecule is CCOC(=O)C1=C(CN2CCN(C(=O)Nc3ccc(C(F)(F)F)cc3)CC2)N(CC)C(=O)N[C@@H]1c1ccc(Cl)cc1Cl. The molecule has 1 fully saturated rings. The molecule has 0 unspecified atom stereocenters. The van der Waals surface area contributed by atoms with Gasteiger partial charge in [-0.3, -0.25) is 9.80 Å². The van der Waals surface area contributed by atoms with Crippen molar-refractivity contribution in [2.75, 3.05) is 51.2 Å². The Labute approximate surface area is 251 Å². The number of rotatable bonds is 7. The molecule has 1 atom stereocenters. The largest absolute Gasteiger partial charge is 0.463 e. The molecular weight excluding hydrogens is 598 g/mol. The van der Waals surface area contributed by atoms with E-state index in [0.717, 1.165) is 12.1 Å². The molecule has 0 aliphatic carbocycles. The van der Waals surface area contributed by atoms with E-state index < -0.39 is 35.8 Å². The van der Waals surface area contributed by atoms with Crippen LogP contribution in [0, 0.1) is 0 Å². The zero-order chi connectivity index (χ0) is 30.6. The molecule has 2 N–H and O–H groups in total. The number of amides is 4. The maximum Gasteiger partial charge on any atom is 0.416 e. The first-order valence-corrected chi connectivity index (χ1v) is 14.1. The van der Waals surface area contributed by atoms with Crippen LogP contribution < -0.4 is 10.6 Å². The molecule has 1 saturated heterocycles. The quantitative estimate of drug-likeness (QED) is 0.380. The number of benzene rings is 2. The Bertz CT molecular complexity index is 1360. The van der Waals surface area contributed by atoms with Crippen LogP contribution in [0.1, 0.15) is 31.0 Å². The van der Waals surface area contributed by atoms with Crippen molar-refractivity contribution in [3.63, 3.8) is 0 Å². The summed E-state index contributed by atoms with van der Waals surface area (Å²) in [5, 5.41) is 6.18. The Morgan fingerprint density at radius 1 is 1.05 bits per heavy atom. The number of carbonyl (C=O) groups excluding carboxylic acids is 3. The van der Waals surface area contributed by atoms with Gasteiger partial charge in [-0.1, -0.05) is 29.3 Å². The molecule has 0 aromatic heterocycles. The lowest BCUT2D eigenvalue weighted by Gasteiger charge is -2.40. The van der Waals surface area contributed by atoms with Gasteiger partial charge in [-0.05, 0) is 55.8 Å². The third kappa shape index (κ3) is 7.11. The van der Waals surface area contributed by atoms with Gasteiger partial charge in [-0.15, -0.1) is 0 Å². The van der Waals surface area contributed by atoms with E-state index in [1.54, 1.807) is 30.9 Å². The molecule has 0 saturated carbocycles. The van der Waals surface area contributed by atoms with E-state index in [1.807, 2.05) is 4.90 Å². The Balaban J connectivity index is 1.52. The van der Waals surface area contributed by atoms with Crippen molar-refractivity contribution in [3.8, 4) is 0 Å². The van der Waals surface area contributed by atoms with E-state index in [-0.39, 0.29) is 29.4 Å². The van der Waals surface area contributed by atoms with E-state index in [4.69, 9.17) is 27.9 Å². The van der Waals surface area contributed by atoms with Gasteiger partial charge in [0.25, 0.3) is 0 Å². The first kappa shape index (κ1) is 31.5. The van der Waals surface area contributed by atoms with Crippen LogP contribution in [0.2, 0.25) is 10.0 Å². The summed E-state index contributed by atoms with van der Waals surface area (Å²) < 4.78 is 43.9. The summed E-state index contributed by atoms with van der Waals surface area (Å²) >= 11 is 12.5. The fourth-order valence-electron chi connectivity index (χ4n) is 4.89. The van der Waals surface area contributed by atoms with Crippen molar-refractivity contribution < 1.29 is 32.3 Å². The normalized spacial score (nSPS) is 18.2. The molecule has 4 amide bonds. The standard InChI is InChI=1S/C28H30Cl2F3N5O4/c1-3-38-22(23(25(39)42-4-2)24(35-27(38)41)20-10-7-18(29)15-21(20)30)16-36-11-13-37(14-12-36)26(40)34-19-8-5-17(6-9-19)28(31,32)33/h5-10,15,24H,3-4,11-14,16H2,1-2H3,(H,34,40)(H,35,41)/t24-/m1/s1. The molecule has 0 spiro atoms. The summed E-state index contributed by atoms with van der Waals surface area (Å²) in [6, 6.07) is 7.34. The van der Waals surface area contributed by atoms with E-state index in [0.29, 0.717) is 49.0 Å². The molecule has 9 nitrogen and oxygen atoms in total. The number of urea groups is 2.